The summed E-state index contributed by atoms with van der Waals surface area (Å²) in [6.07, 6.45) is 9.55. The van der Waals surface area contributed by atoms with Crippen LogP contribution < -0.4 is 0 Å². The van der Waals surface area contributed by atoms with Crippen molar-refractivity contribution >= 4 is 19.7 Å². The maximum absolute atomic E-state index is 12.7. The maximum Gasteiger partial charge on any atom is 0.171 e. The molecule has 0 heterocycles. The first-order valence-electron chi connectivity index (χ1n) is 8.61. The van der Waals surface area contributed by atoms with Crippen LogP contribution in [0.15, 0.2) is 23.6 Å². The Morgan fingerprint density at radius 3 is 2.22 bits per heavy atom. The number of unbranched alkanes of at least 4 members (excludes halogenated alkanes) is 2. The highest BCUT2D eigenvalue weighted by Crippen LogP contribution is 2.48. The molecule has 0 unspecified atom stereocenters. The molecule has 0 N–H and O–H groups in total. The van der Waals surface area contributed by atoms with Gasteiger partial charge in [-0.25, -0.2) is 16.8 Å². The van der Waals surface area contributed by atoms with Gasteiger partial charge in [-0.3, -0.25) is 0 Å². The van der Waals surface area contributed by atoms with E-state index >= 15 is 0 Å². The normalized spacial score (nSPS) is 30.5. The summed E-state index contributed by atoms with van der Waals surface area (Å²) in [4.78, 5) is 0. The van der Waals surface area contributed by atoms with Gasteiger partial charge in [0.2, 0.25) is 0 Å². The minimum Gasteiger partial charge on any atom is -0.229 e. The molecule has 0 radical (unpaired) electrons. The van der Waals surface area contributed by atoms with E-state index in [-0.39, 0.29) is 29.3 Å². The van der Waals surface area contributed by atoms with Crippen LogP contribution in [0, 0.1) is 17.8 Å². The van der Waals surface area contributed by atoms with E-state index in [4.69, 9.17) is 0 Å². The second-order valence-corrected chi connectivity index (χ2v) is 11.0. The van der Waals surface area contributed by atoms with E-state index in [9.17, 15) is 16.8 Å². The Morgan fingerprint density at radius 2 is 1.57 bits per heavy atom. The molecule has 1 fully saturated rings. The van der Waals surface area contributed by atoms with Gasteiger partial charge in [-0.2, -0.15) is 0 Å². The zero-order valence-corrected chi connectivity index (χ0v) is 15.7. The topological polar surface area (TPSA) is 68.3 Å². The Morgan fingerprint density at radius 1 is 0.957 bits per heavy atom. The number of hydrogen-bond donors (Lipinski definition) is 0. The lowest BCUT2D eigenvalue weighted by Crippen LogP contribution is -2.34. The summed E-state index contributed by atoms with van der Waals surface area (Å²) in [6.45, 7) is 3.93. The fourth-order valence-electron chi connectivity index (χ4n) is 3.68. The second kappa shape index (κ2) is 7.51. The summed E-state index contributed by atoms with van der Waals surface area (Å²) in [5, 5.41) is 0.825. The number of hydrogen-bond acceptors (Lipinski definition) is 4. The van der Waals surface area contributed by atoms with Crippen molar-refractivity contribution in [2.24, 2.45) is 17.8 Å². The van der Waals surface area contributed by atoms with E-state index in [2.05, 4.69) is 6.08 Å². The number of sulfone groups is 2. The first kappa shape index (κ1) is 18.7. The van der Waals surface area contributed by atoms with Crippen LogP contribution in [0.4, 0.5) is 0 Å². The molecule has 0 amide bonds. The molecule has 132 valence electrons. The number of fused-ring (bicyclic) bond motifs is 2. The average Bonchev–Trinajstić information content (AvgIpc) is 3.10. The van der Waals surface area contributed by atoms with Crippen molar-refractivity contribution in [2.75, 3.05) is 11.5 Å². The van der Waals surface area contributed by atoms with Crippen LogP contribution in [0.2, 0.25) is 0 Å². The van der Waals surface area contributed by atoms with Crippen LogP contribution in [0.25, 0.3) is 0 Å². The molecule has 23 heavy (non-hydrogen) atoms. The molecule has 2 rings (SSSR count). The van der Waals surface area contributed by atoms with Crippen molar-refractivity contribution < 1.29 is 16.8 Å². The smallest absolute Gasteiger partial charge is 0.171 e. The van der Waals surface area contributed by atoms with Gasteiger partial charge in [0.05, 0.1) is 16.8 Å². The fraction of sp³-hybridized carbons (Fsp3) is 0.765. The van der Waals surface area contributed by atoms with Crippen LogP contribution in [-0.4, -0.2) is 33.6 Å². The van der Waals surface area contributed by atoms with Crippen molar-refractivity contribution in [2.45, 2.75) is 51.2 Å². The third-order valence-corrected chi connectivity index (χ3v) is 8.71. The minimum absolute atomic E-state index is 0.0508. The SMILES string of the molecule is CCCCS(=O)(=O)/C=C\[C@H]1[C@@H](S(=O)(=O)CCCC)[C@H]2C=C[C@@H]1C2. The molecule has 4 atom stereocenters. The molecule has 0 aromatic rings. The summed E-state index contributed by atoms with van der Waals surface area (Å²) >= 11 is 0. The fourth-order valence-corrected chi connectivity index (χ4v) is 7.40. The predicted octanol–water partition coefficient (Wildman–Crippen LogP) is 3.12. The third-order valence-electron chi connectivity index (χ3n) is 4.93. The summed E-state index contributed by atoms with van der Waals surface area (Å²) in [7, 11) is -6.42. The lowest BCUT2D eigenvalue weighted by molar-refractivity contribution is 0.513. The molecule has 2 bridgehead atoms. The van der Waals surface area contributed by atoms with Gasteiger partial charge < -0.3 is 0 Å². The summed E-state index contributed by atoms with van der Waals surface area (Å²) < 4.78 is 49.4. The van der Waals surface area contributed by atoms with E-state index < -0.39 is 24.9 Å². The highest BCUT2D eigenvalue weighted by atomic mass is 32.2. The Hall–Kier alpha value is -0.620. The zero-order valence-electron chi connectivity index (χ0n) is 14.0. The Labute approximate surface area is 140 Å². The van der Waals surface area contributed by atoms with Crippen molar-refractivity contribution in [1.29, 1.82) is 0 Å². The number of rotatable bonds is 9. The van der Waals surface area contributed by atoms with Gasteiger partial charge in [0.25, 0.3) is 0 Å². The lowest BCUT2D eigenvalue weighted by Gasteiger charge is -2.25. The first-order valence-corrected chi connectivity index (χ1v) is 12.0. The van der Waals surface area contributed by atoms with Crippen LogP contribution in [-0.2, 0) is 19.7 Å². The van der Waals surface area contributed by atoms with Gasteiger partial charge in [-0.05, 0) is 31.1 Å². The van der Waals surface area contributed by atoms with Crippen molar-refractivity contribution in [3.05, 3.63) is 23.6 Å². The van der Waals surface area contributed by atoms with Crippen LogP contribution in [0.3, 0.4) is 0 Å². The van der Waals surface area contributed by atoms with Crippen LogP contribution in [0.1, 0.15) is 46.0 Å². The Bertz CT molecular complexity index is 659. The monoisotopic (exact) mass is 360 g/mol. The average molecular weight is 361 g/mol. The standard InChI is InChI=1S/C17H28O4S2/c1-3-5-10-22(18,19)12-9-16-14-7-8-15(13-14)17(16)23(20,21)11-6-4-2/h7-9,12,14-17H,3-6,10-11,13H2,1-2H3/b12-9-/t14-,15+,16-,17+/m1/s1. The molecule has 2 aliphatic rings. The zero-order chi connectivity index (χ0) is 17.1. The Kier molecular flexibility index (Phi) is 6.11. The summed E-state index contributed by atoms with van der Waals surface area (Å²) in [6, 6.07) is 0. The quantitative estimate of drug-likeness (QED) is 0.593. The van der Waals surface area contributed by atoms with Crippen LogP contribution >= 0.6 is 0 Å². The molecule has 0 aliphatic heterocycles. The van der Waals surface area contributed by atoms with E-state index in [0.717, 1.165) is 19.3 Å². The van der Waals surface area contributed by atoms with Gasteiger partial charge in [0, 0.05) is 11.3 Å². The molecule has 2 aliphatic carbocycles. The van der Waals surface area contributed by atoms with Gasteiger partial charge in [0.15, 0.2) is 19.7 Å². The summed E-state index contributed by atoms with van der Waals surface area (Å²) in [5.41, 5.74) is 0. The highest BCUT2D eigenvalue weighted by molar-refractivity contribution is 7.94. The second-order valence-electron chi connectivity index (χ2n) is 6.76. The van der Waals surface area contributed by atoms with E-state index in [0.29, 0.717) is 12.8 Å². The molecular formula is C17H28O4S2. The molecule has 1 saturated carbocycles. The first-order chi connectivity index (χ1) is 10.8. The molecule has 0 spiro atoms. The van der Waals surface area contributed by atoms with Gasteiger partial charge in [-0.15, -0.1) is 0 Å². The van der Waals surface area contributed by atoms with Gasteiger partial charge in [0.1, 0.15) is 0 Å². The number of allylic oxidation sites excluding steroid dienone is 3. The van der Waals surface area contributed by atoms with Gasteiger partial charge in [-0.1, -0.05) is 44.9 Å². The van der Waals surface area contributed by atoms with Crippen LogP contribution in [0.5, 0.6) is 0 Å². The molecule has 0 aromatic heterocycles. The van der Waals surface area contributed by atoms with E-state index in [1.54, 1.807) is 6.08 Å². The Balaban J connectivity index is 2.18. The van der Waals surface area contributed by atoms with Crippen molar-refractivity contribution in [3.8, 4) is 0 Å². The molecule has 6 heteroatoms. The maximum atomic E-state index is 12.7. The summed E-state index contributed by atoms with van der Waals surface area (Å²) in [5.74, 6) is 0.374. The van der Waals surface area contributed by atoms with Gasteiger partial charge >= 0.3 is 0 Å². The predicted molar refractivity (Wildman–Crippen MR) is 94.5 cm³/mol. The molecule has 0 saturated heterocycles. The van der Waals surface area contributed by atoms with E-state index in [1.807, 2.05) is 19.9 Å². The van der Waals surface area contributed by atoms with Crippen molar-refractivity contribution in [1.82, 2.24) is 0 Å². The van der Waals surface area contributed by atoms with E-state index in [1.165, 1.54) is 5.41 Å². The lowest BCUT2D eigenvalue weighted by atomic mass is 9.93. The highest BCUT2D eigenvalue weighted by Gasteiger charge is 2.49. The third kappa shape index (κ3) is 4.47. The minimum atomic E-state index is -3.23. The molecule has 0 aromatic carbocycles. The molecular weight excluding hydrogens is 332 g/mol. The van der Waals surface area contributed by atoms with Crippen molar-refractivity contribution in [3.63, 3.8) is 0 Å². The largest absolute Gasteiger partial charge is 0.229 e. The molecule has 4 nitrogen and oxygen atoms in total.